The third kappa shape index (κ3) is 4.57. The second kappa shape index (κ2) is 8.09. The molecule has 0 fully saturated rings. The van der Waals surface area contributed by atoms with Gasteiger partial charge < -0.3 is 10.6 Å². The fraction of sp³-hybridized carbons (Fsp3) is 0.200. The molecular formula is C20H20F2N4O. The van der Waals surface area contributed by atoms with Gasteiger partial charge in [0.05, 0.1) is 23.6 Å². The van der Waals surface area contributed by atoms with Crippen molar-refractivity contribution in [2.45, 2.75) is 26.4 Å². The molecule has 3 rings (SSSR count). The molecule has 1 heterocycles. The quantitative estimate of drug-likeness (QED) is 0.618. The van der Waals surface area contributed by atoms with E-state index in [9.17, 15) is 13.6 Å². The van der Waals surface area contributed by atoms with E-state index in [1.54, 1.807) is 38.2 Å². The summed E-state index contributed by atoms with van der Waals surface area (Å²) in [4.78, 5) is 12.3. The number of carbonyl (C=O) groups excluding carboxylic acids is 1. The lowest BCUT2D eigenvalue weighted by Crippen LogP contribution is -2.37. The number of benzene rings is 2. The van der Waals surface area contributed by atoms with Crippen molar-refractivity contribution >= 4 is 11.6 Å². The van der Waals surface area contributed by atoms with E-state index in [1.807, 2.05) is 0 Å². The van der Waals surface area contributed by atoms with Crippen LogP contribution in [-0.2, 0) is 11.3 Å². The van der Waals surface area contributed by atoms with Crippen LogP contribution in [0.1, 0.15) is 18.1 Å². The van der Waals surface area contributed by atoms with Gasteiger partial charge in [-0.2, -0.15) is 5.10 Å². The second-order valence-corrected chi connectivity index (χ2v) is 6.35. The Balaban J connectivity index is 1.62. The van der Waals surface area contributed by atoms with Crippen LogP contribution in [0.25, 0.3) is 11.3 Å². The number of aromatic amines is 1. The highest BCUT2D eigenvalue weighted by molar-refractivity contribution is 5.94. The van der Waals surface area contributed by atoms with Crippen molar-refractivity contribution in [1.82, 2.24) is 15.5 Å². The molecule has 0 radical (unpaired) electrons. The summed E-state index contributed by atoms with van der Waals surface area (Å²) in [5.41, 5.74) is 3.31. The lowest BCUT2D eigenvalue weighted by Gasteiger charge is -2.15. The number of hydrogen-bond acceptors (Lipinski definition) is 3. The van der Waals surface area contributed by atoms with Crippen molar-refractivity contribution in [1.29, 1.82) is 0 Å². The van der Waals surface area contributed by atoms with Gasteiger partial charge >= 0.3 is 0 Å². The number of aryl methyl sites for hydroxylation is 1. The maximum atomic E-state index is 13.9. The van der Waals surface area contributed by atoms with Crippen molar-refractivity contribution in [3.63, 3.8) is 0 Å². The molecule has 140 valence electrons. The summed E-state index contributed by atoms with van der Waals surface area (Å²) in [5.74, 6) is -1.12. The maximum Gasteiger partial charge on any atom is 0.241 e. The predicted molar refractivity (Wildman–Crippen MR) is 100 cm³/mol. The van der Waals surface area contributed by atoms with E-state index < -0.39 is 11.9 Å². The number of rotatable bonds is 6. The first-order valence-corrected chi connectivity index (χ1v) is 8.52. The molecule has 27 heavy (non-hydrogen) atoms. The highest BCUT2D eigenvalue weighted by Gasteiger charge is 2.16. The number of amides is 1. The number of nitrogens with one attached hydrogen (secondary N) is 3. The number of anilines is 1. The van der Waals surface area contributed by atoms with E-state index in [0.717, 1.165) is 22.4 Å². The minimum absolute atomic E-state index is 0.148. The van der Waals surface area contributed by atoms with Crippen LogP contribution in [0.4, 0.5) is 14.5 Å². The zero-order valence-corrected chi connectivity index (χ0v) is 15.0. The molecule has 0 bridgehead atoms. The lowest BCUT2D eigenvalue weighted by atomic mass is 10.1. The molecule has 1 atom stereocenters. The Morgan fingerprint density at radius 2 is 1.93 bits per heavy atom. The minimum Gasteiger partial charge on any atom is -0.322 e. The lowest BCUT2D eigenvalue weighted by molar-refractivity contribution is -0.117. The van der Waals surface area contributed by atoms with Crippen molar-refractivity contribution in [2.75, 3.05) is 5.32 Å². The molecule has 3 N–H and O–H groups in total. The average molecular weight is 370 g/mol. The number of H-pyrrole nitrogens is 1. The molecule has 0 spiro atoms. The first kappa shape index (κ1) is 18.7. The molecule has 5 nitrogen and oxygen atoms in total. The maximum absolute atomic E-state index is 13.9. The molecule has 0 aliphatic carbocycles. The van der Waals surface area contributed by atoms with Gasteiger partial charge in [0.1, 0.15) is 11.6 Å². The zero-order chi connectivity index (χ0) is 19.4. The van der Waals surface area contributed by atoms with Crippen molar-refractivity contribution in [3.8, 4) is 11.3 Å². The summed E-state index contributed by atoms with van der Waals surface area (Å²) in [6.07, 6.45) is 1.65. The van der Waals surface area contributed by atoms with Gasteiger partial charge in [-0.25, -0.2) is 8.78 Å². The fourth-order valence-corrected chi connectivity index (χ4v) is 2.63. The summed E-state index contributed by atoms with van der Waals surface area (Å²) in [6.45, 7) is 3.84. The molecular weight excluding hydrogens is 350 g/mol. The summed E-state index contributed by atoms with van der Waals surface area (Å²) in [6, 6.07) is 10.1. The molecule has 0 unspecified atom stereocenters. The first-order valence-electron chi connectivity index (χ1n) is 8.52. The fourth-order valence-electron chi connectivity index (χ4n) is 2.63. The Labute approximate surface area is 155 Å². The Morgan fingerprint density at radius 3 is 2.63 bits per heavy atom. The summed E-state index contributed by atoms with van der Waals surface area (Å²) >= 11 is 0. The largest absolute Gasteiger partial charge is 0.322 e. The van der Waals surface area contributed by atoms with Crippen LogP contribution in [0.15, 0.2) is 48.7 Å². The third-order valence-electron chi connectivity index (χ3n) is 4.23. The van der Waals surface area contributed by atoms with Gasteiger partial charge in [-0.15, -0.1) is 0 Å². The van der Waals surface area contributed by atoms with Crippen LogP contribution in [0.2, 0.25) is 0 Å². The smallest absolute Gasteiger partial charge is 0.241 e. The van der Waals surface area contributed by atoms with E-state index in [-0.39, 0.29) is 17.4 Å². The van der Waals surface area contributed by atoms with Gasteiger partial charge in [0.2, 0.25) is 5.91 Å². The zero-order valence-electron chi connectivity index (χ0n) is 15.0. The van der Waals surface area contributed by atoms with Crippen LogP contribution in [0, 0.1) is 18.6 Å². The Morgan fingerprint density at radius 1 is 1.19 bits per heavy atom. The molecule has 1 aromatic heterocycles. The van der Waals surface area contributed by atoms with Crippen molar-refractivity contribution in [3.05, 3.63) is 71.4 Å². The highest BCUT2D eigenvalue weighted by Crippen LogP contribution is 2.21. The topological polar surface area (TPSA) is 69.8 Å². The molecule has 0 aliphatic heterocycles. The van der Waals surface area contributed by atoms with Crippen LogP contribution in [0.5, 0.6) is 0 Å². The Hall–Kier alpha value is -3.06. The Kier molecular flexibility index (Phi) is 5.61. The van der Waals surface area contributed by atoms with Gasteiger partial charge in [-0.3, -0.25) is 9.89 Å². The summed E-state index contributed by atoms with van der Waals surface area (Å²) in [7, 11) is 0. The number of nitrogens with zero attached hydrogens (tertiary/aromatic N) is 1. The normalized spacial score (nSPS) is 12.0. The minimum atomic E-state index is -0.554. The summed E-state index contributed by atoms with van der Waals surface area (Å²) < 4.78 is 27.0. The standard InChI is InChI=1S/C20H20F2N4O/c1-12-3-8-18(17(22)9-12)25-20(27)13(2)23-10-15-11-24-26-19(15)14-4-6-16(21)7-5-14/h3-9,11,13,23H,10H2,1-2H3,(H,24,26)(H,25,27)/t13-/m1/s1. The second-order valence-electron chi connectivity index (χ2n) is 6.35. The van der Waals surface area contributed by atoms with Gasteiger partial charge in [0.15, 0.2) is 0 Å². The van der Waals surface area contributed by atoms with Gasteiger partial charge in [0.25, 0.3) is 0 Å². The van der Waals surface area contributed by atoms with Gasteiger partial charge in [0, 0.05) is 17.7 Å². The monoisotopic (exact) mass is 370 g/mol. The van der Waals surface area contributed by atoms with Crippen LogP contribution in [0.3, 0.4) is 0 Å². The van der Waals surface area contributed by atoms with E-state index in [0.29, 0.717) is 6.54 Å². The molecule has 0 aliphatic rings. The number of hydrogen-bond donors (Lipinski definition) is 3. The highest BCUT2D eigenvalue weighted by atomic mass is 19.1. The number of aromatic nitrogens is 2. The van der Waals surface area contributed by atoms with Crippen LogP contribution in [-0.4, -0.2) is 22.1 Å². The molecule has 0 saturated carbocycles. The van der Waals surface area contributed by atoms with Crippen molar-refractivity contribution < 1.29 is 13.6 Å². The van der Waals surface area contributed by atoms with Gasteiger partial charge in [-0.05, 0) is 55.8 Å². The van der Waals surface area contributed by atoms with E-state index in [1.165, 1.54) is 24.3 Å². The third-order valence-corrected chi connectivity index (χ3v) is 4.23. The predicted octanol–water partition coefficient (Wildman–Crippen LogP) is 3.78. The van der Waals surface area contributed by atoms with E-state index in [4.69, 9.17) is 0 Å². The molecule has 1 amide bonds. The van der Waals surface area contributed by atoms with E-state index in [2.05, 4.69) is 20.8 Å². The molecule has 3 aromatic rings. The number of carbonyl (C=O) groups is 1. The summed E-state index contributed by atoms with van der Waals surface area (Å²) in [5, 5.41) is 12.6. The van der Waals surface area contributed by atoms with Crippen LogP contribution >= 0.6 is 0 Å². The van der Waals surface area contributed by atoms with Crippen molar-refractivity contribution in [2.24, 2.45) is 0 Å². The Bertz CT molecular complexity index is 937. The average Bonchev–Trinajstić information content (AvgIpc) is 3.11. The van der Waals surface area contributed by atoms with Crippen LogP contribution < -0.4 is 10.6 Å². The number of halogens is 2. The molecule has 0 saturated heterocycles. The molecule has 2 aromatic carbocycles. The SMILES string of the molecule is Cc1ccc(NC(=O)[C@@H](C)NCc2cn[nH]c2-c2ccc(F)cc2)c(F)c1. The molecule has 7 heteroatoms. The first-order chi connectivity index (χ1) is 12.9. The van der Waals surface area contributed by atoms with Gasteiger partial charge in [-0.1, -0.05) is 6.07 Å². The van der Waals surface area contributed by atoms with E-state index >= 15 is 0 Å².